The summed E-state index contributed by atoms with van der Waals surface area (Å²) in [5, 5.41) is 12.2. The van der Waals surface area contributed by atoms with Crippen LogP contribution in [0.3, 0.4) is 0 Å². The minimum absolute atomic E-state index is 0. The summed E-state index contributed by atoms with van der Waals surface area (Å²) in [6.45, 7) is 2.23. The third-order valence-corrected chi connectivity index (χ3v) is 6.40. The molecule has 7 heteroatoms. The van der Waals surface area contributed by atoms with Crippen LogP contribution in [0.2, 0.25) is 0 Å². The van der Waals surface area contributed by atoms with Gasteiger partial charge < -0.3 is 9.84 Å². The summed E-state index contributed by atoms with van der Waals surface area (Å²) < 4.78 is 39.2. The van der Waals surface area contributed by atoms with Crippen molar-refractivity contribution in [1.82, 2.24) is 0 Å². The van der Waals surface area contributed by atoms with E-state index in [1.165, 1.54) is 51.0 Å². The Labute approximate surface area is 236 Å². The van der Waals surface area contributed by atoms with E-state index in [1.54, 1.807) is 12.1 Å². The SMILES string of the molecule is CCCCCCCCCCCCCc1c(Oc2ccccc2)ccc([O-])c1S(=O)(=O)O.[K+]. The molecule has 0 fully saturated rings. The standard InChI is InChI=1S/C25H36O5S.K/c1-2-3-4-5-6-7-8-9-10-11-15-18-22-24(30-21-16-13-12-14-17-21)20-19-23(26)25(22)31(27,28)29;/h12-14,16-17,19-20,26H,2-11,15,18H2,1H3,(H,27,28,29);/q;+1/p-1. The van der Waals surface area contributed by atoms with Crippen molar-refractivity contribution in [1.29, 1.82) is 0 Å². The summed E-state index contributed by atoms with van der Waals surface area (Å²) >= 11 is 0. The Morgan fingerprint density at radius 1 is 0.812 bits per heavy atom. The van der Waals surface area contributed by atoms with Crippen LogP contribution < -0.4 is 61.2 Å². The molecule has 0 radical (unpaired) electrons. The summed E-state index contributed by atoms with van der Waals surface area (Å²) in [6, 6.07) is 11.6. The maximum atomic E-state index is 12.2. The topological polar surface area (TPSA) is 86.7 Å². The largest absolute Gasteiger partial charge is 1.00 e. The van der Waals surface area contributed by atoms with Crippen LogP contribution in [0.5, 0.6) is 17.2 Å². The van der Waals surface area contributed by atoms with Crippen LogP contribution >= 0.6 is 0 Å². The zero-order valence-electron chi connectivity index (χ0n) is 19.5. The first-order chi connectivity index (χ1) is 14.9. The zero-order chi connectivity index (χ0) is 22.5. The van der Waals surface area contributed by atoms with Gasteiger partial charge >= 0.3 is 51.4 Å². The van der Waals surface area contributed by atoms with E-state index in [9.17, 15) is 18.1 Å². The smallest absolute Gasteiger partial charge is 0.872 e. The summed E-state index contributed by atoms with van der Waals surface area (Å²) in [6.07, 6.45) is 13.3. The molecule has 172 valence electrons. The first-order valence-electron chi connectivity index (χ1n) is 11.5. The molecule has 32 heavy (non-hydrogen) atoms. The second kappa shape index (κ2) is 16.3. The van der Waals surface area contributed by atoms with E-state index in [0.717, 1.165) is 31.7 Å². The fourth-order valence-corrected chi connectivity index (χ4v) is 4.62. The van der Waals surface area contributed by atoms with E-state index in [0.29, 0.717) is 17.9 Å². The number of rotatable bonds is 15. The number of ether oxygens (including phenoxy) is 1. The number of hydrogen-bond acceptors (Lipinski definition) is 4. The van der Waals surface area contributed by atoms with Crippen LogP contribution in [0.1, 0.15) is 83.1 Å². The molecule has 0 saturated carbocycles. The fourth-order valence-electron chi connectivity index (χ4n) is 3.78. The van der Waals surface area contributed by atoms with Crippen LogP contribution in [0.4, 0.5) is 0 Å². The first kappa shape index (κ1) is 29.6. The predicted octanol–water partition coefficient (Wildman–Crippen LogP) is 3.66. The number of hydrogen-bond donors (Lipinski definition) is 1. The Kier molecular flexibility index (Phi) is 15.0. The van der Waals surface area contributed by atoms with E-state index in [-0.39, 0.29) is 56.9 Å². The molecular weight excluding hydrogens is 451 g/mol. The zero-order valence-corrected chi connectivity index (χ0v) is 23.5. The van der Waals surface area contributed by atoms with E-state index >= 15 is 0 Å². The van der Waals surface area contributed by atoms with Crippen molar-refractivity contribution in [3.63, 3.8) is 0 Å². The van der Waals surface area contributed by atoms with Crippen molar-refractivity contribution in [2.45, 2.75) is 88.9 Å². The molecule has 2 aromatic rings. The molecule has 0 aliphatic heterocycles. The molecule has 0 saturated heterocycles. The quantitative estimate of drug-likeness (QED) is 0.236. The molecular formula is C25H35KO5S. The molecule has 0 unspecified atom stereocenters. The van der Waals surface area contributed by atoms with Gasteiger partial charge in [0.2, 0.25) is 0 Å². The Morgan fingerprint density at radius 2 is 1.34 bits per heavy atom. The third-order valence-electron chi connectivity index (χ3n) is 5.44. The molecule has 5 nitrogen and oxygen atoms in total. The van der Waals surface area contributed by atoms with E-state index in [1.807, 2.05) is 18.2 Å². The van der Waals surface area contributed by atoms with Gasteiger partial charge in [0.1, 0.15) is 11.5 Å². The van der Waals surface area contributed by atoms with Crippen molar-refractivity contribution in [3.8, 4) is 17.2 Å². The average molecular weight is 487 g/mol. The normalized spacial score (nSPS) is 11.2. The van der Waals surface area contributed by atoms with Crippen LogP contribution in [-0.4, -0.2) is 13.0 Å². The molecule has 0 aromatic heterocycles. The Hall–Kier alpha value is -0.414. The molecule has 0 heterocycles. The third kappa shape index (κ3) is 10.7. The number of unbranched alkanes of at least 4 members (excludes halogenated alkanes) is 10. The Bertz CT molecular complexity index is 885. The summed E-state index contributed by atoms with van der Waals surface area (Å²) in [5.74, 6) is 0.133. The maximum absolute atomic E-state index is 12.2. The van der Waals surface area contributed by atoms with Crippen molar-refractivity contribution < 1.29 is 74.2 Å². The molecule has 0 aliphatic carbocycles. The van der Waals surface area contributed by atoms with E-state index in [4.69, 9.17) is 4.74 Å². The number of para-hydroxylation sites is 1. The molecule has 0 atom stereocenters. The maximum Gasteiger partial charge on any atom is 1.00 e. The van der Waals surface area contributed by atoms with Crippen LogP contribution in [0, 0.1) is 0 Å². The minimum Gasteiger partial charge on any atom is -0.872 e. The molecule has 2 rings (SSSR count). The van der Waals surface area contributed by atoms with Crippen LogP contribution in [0.25, 0.3) is 0 Å². The van der Waals surface area contributed by atoms with Gasteiger partial charge in [-0.25, -0.2) is 0 Å². The van der Waals surface area contributed by atoms with Gasteiger partial charge in [-0.2, -0.15) is 8.42 Å². The van der Waals surface area contributed by atoms with Gasteiger partial charge in [0, 0.05) is 5.56 Å². The van der Waals surface area contributed by atoms with Crippen LogP contribution in [0.15, 0.2) is 47.4 Å². The summed E-state index contributed by atoms with van der Waals surface area (Å²) in [5.41, 5.74) is 0.259. The first-order valence-corrected chi connectivity index (χ1v) is 12.9. The van der Waals surface area contributed by atoms with Crippen molar-refractivity contribution in [2.24, 2.45) is 0 Å². The molecule has 0 amide bonds. The van der Waals surface area contributed by atoms with Crippen molar-refractivity contribution >= 4 is 10.1 Å². The fraction of sp³-hybridized carbons (Fsp3) is 0.520. The second-order valence-corrected chi connectivity index (χ2v) is 9.40. The second-order valence-electron chi connectivity index (χ2n) is 8.05. The molecule has 1 N–H and O–H groups in total. The van der Waals surface area contributed by atoms with E-state index in [2.05, 4.69) is 6.92 Å². The monoisotopic (exact) mass is 486 g/mol. The van der Waals surface area contributed by atoms with Gasteiger partial charge in [-0.3, -0.25) is 4.55 Å². The summed E-state index contributed by atoms with van der Waals surface area (Å²) in [7, 11) is -4.64. The van der Waals surface area contributed by atoms with Gasteiger partial charge in [0.05, 0.1) is 4.90 Å². The minimum atomic E-state index is -4.64. The van der Waals surface area contributed by atoms with Crippen LogP contribution in [-0.2, 0) is 16.5 Å². The molecule has 0 aliphatic rings. The van der Waals surface area contributed by atoms with Gasteiger partial charge in [0.15, 0.2) is 0 Å². The van der Waals surface area contributed by atoms with Crippen molar-refractivity contribution in [3.05, 3.63) is 48.0 Å². The van der Waals surface area contributed by atoms with E-state index < -0.39 is 20.8 Å². The van der Waals surface area contributed by atoms with Gasteiger partial charge in [-0.1, -0.05) is 101 Å². The van der Waals surface area contributed by atoms with Crippen molar-refractivity contribution in [2.75, 3.05) is 0 Å². The van der Waals surface area contributed by atoms with Gasteiger partial charge in [0.25, 0.3) is 10.1 Å². The van der Waals surface area contributed by atoms with Gasteiger partial charge in [-0.15, -0.1) is 0 Å². The average Bonchev–Trinajstić information content (AvgIpc) is 2.73. The Balaban J connectivity index is 0.00000512. The Morgan fingerprint density at radius 3 is 1.88 bits per heavy atom. The molecule has 0 bridgehead atoms. The van der Waals surface area contributed by atoms with Gasteiger partial charge in [-0.05, 0) is 31.0 Å². The summed E-state index contributed by atoms with van der Waals surface area (Å²) in [4.78, 5) is -0.562. The number of benzene rings is 2. The molecule has 2 aromatic carbocycles. The predicted molar refractivity (Wildman–Crippen MR) is 122 cm³/mol. The molecule has 0 spiro atoms.